The summed E-state index contributed by atoms with van der Waals surface area (Å²) in [4.78, 5) is 11.6. The highest BCUT2D eigenvalue weighted by Gasteiger charge is 2.28. The molecular formula is C10H8N2O3S3. The van der Waals surface area contributed by atoms with E-state index in [0.29, 0.717) is 9.88 Å². The lowest BCUT2D eigenvalue weighted by Crippen LogP contribution is -2.44. The second-order valence-corrected chi connectivity index (χ2v) is 5.44. The number of carbonyl (C=O) groups is 1. The zero-order valence-corrected chi connectivity index (χ0v) is 11.4. The number of nitrogens with one attached hydrogen (secondary N) is 1. The van der Waals surface area contributed by atoms with Gasteiger partial charge >= 0.3 is 0 Å². The van der Waals surface area contributed by atoms with Crippen LogP contribution in [0.1, 0.15) is 5.56 Å². The highest BCUT2D eigenvalue weighted by molar-refractivity contribution is 8.23. The van der Waals surface area contributed by atoms with E-state index in [0.717, 1.165) is 0 Å². The number of hydrazine groups is 1. The molecule has 1 aromatic carbocycles. The Labute approximate surface area is 118 Å². The fraction of sp³-hybridized carbons (Fsp3) is 0.100. The largest absolute Gasteiger partial charge is 0.508 e. The molecule has 0 atom stereocenters. The standard InChI is InChI=1S/C10H8N2O3S3/c13-5-1-2-6(7(14)3-5)9(16)11-12-8(15)4-18-10(12)17/h1-3,13-14H,4H2,(H,11,16). The van der Waals surface area contributed by atoms with Gasteiger partial charge in [-0.25, -0.2) is 5.01 Å². The maximum Gasteiger partial charge on any atom is 0.257 e. The van der Waals surface area contributed by atoms with Gasteiger partial charge in [0.05, 0.1) is 11.3 Å². The molecule has 8 heteroatoms. The Kier molecular flexibility index (Phi) is 3.69. The molecule has 18 heavy (non-hydrogen) atoms. The molecule has 1 aliphatic heterocycles. The molecule has 0 aliphatic carbocycles. The number of phenols is 2. The molecule has 1 aromatic rings. The first-order chi connectivity index (χ1) is 8.49. The Morgan fingerprint density at radius 3 is 2.72 bits per heavy atom. The number of carbonyl (C=O) groups excluding carboxylic acids is 1. The average molecular weight is 300 g/mol. The van der Waals surface area contributed by atoms with Crippen LogP contribution in [-0.2, 0) is 4.79 Å². The van der Waals surface area contributed by atoms with Crippen LogP contribution in [0.4, 0.5) is 0 Å². The van der Waals surface area contributed by atoms with Crippen LogP contribution in [0.3, 0.4) is 0 Å². The van der Waals surface area contributed by atoms with Gasteiger partial charge in [0.25, 0.3) is 5.91 Å². The maximum absolute atomic E-state index is 11.5. The van der Waals surface area contributed by atoms with Gasteiger partial charge in [0.1, 0.15) is 16.5 Å². The third-order valence-electron chi connectivity index (χ3n) is 2.19. The number of thioether (sulfide) groups is 1. The van der Waals surface area contributed by atoms with Crippen molar-refractivity contribution in [1.29, 1.82) is 0 Å². The molecule has 94 valence electrons. The Morgan fingerprint density at radius 1 is 1.44 bits per heavy atom. The van der Waals surface area contributed by atoms with Crippen LogP contribution in [0.2, 0.25) is 0 Å². The molecule has 0 bridgehead atoms. The van der Waals surface area contributed by atoms with Crippen molar-refractivity contribution in [3.63, 3.8) is 0 Å². The third kappa shape index (κ3) is 2.55. The number of hydrogen-bond donors (Lipinski definition) is 3. The van der Waals surface area contributed by atoms with Crippen LogP contribution in [0.5, 0.6) is 11.5 Å². The first kappa shape index (κ1) is 13.1. The van der Waals surface area contributed by atoms with E-state index in [9.17, 15) is 15.0 Å². The molecule has 0 aromatic heterocycles. The zero-order valence-electron chi connectivity index (χ0n) is 8.91. The van der Waals surface area contributed by atoms with Gasteiger partial charge in [-0.05, 0) is 12.1 Å². The summed E-state index contributed by atoms with van der Waals surface area (Å²) in [6.45, 7) is 0. The molecule has 0 spiro atoms. The minimum absolute atomic E-state index is 0.0672. The predicted octanol–water partition coefficient (Wildman–Crippen LogP) is 1.14. The lowest BCUT2D eigenvalue weighted by atomic mass is 10.2. The topological polar surface area (TPSA) is 72.8 Å². The molecule has 3 N–H and O–H groups in total. The zero-order chi connectivity index (χ0) is 13.3. The van der Waals surface area contributed by atoms with E-state index in [-0.39, 0.29) is 28.1 Å². The van der Waals surface area contributed by atoms with Crippen LogP contribution in [-0.4, -0.2) is 36.2 Å². The van der Waals surface area contributed by atoms with Crippen molar-refractivity contribution in [2.24, 2.45) is 0 Å². The highest BCUT2D eigenvalue weighted by Crippen LogP contribution is 2.24. The Hall–Kier alpha value is -1.38. The molecule has 1 fully saturated rings. The summed E-state index contributed by atoms with van der Waals surface area (Å²) >= 11 is 11.3. The van der Waals surface area contributed by atoms with Crippen molar-refractivity contribution < 1.29 is 15.0 Å². The molecule has 1 amide bonds. The van der Waals surface area contributed by atoms with E-state index in [1.165, 1.54) is 35.0 Å². The molecule has 1 aliphatic rings. The van der Waals surface area contributed by atoms with Gasteiger partial charge in [0.15, 0.2) is 4.32 Å². The van der Waals surface area contributed by atoms with Gasteiger partial charge in [-0.3, -0.25) is 10.2 Å². The summed E-state index contributed by atoms with van der Waals surface area (Å²) in [6, 6.07) is 4.01. The van der Waals surface area contributed by atoms with Crippen molar-refractivity contribution in [3.8, 4) is 11.5 Å². The van der Waals surface area contributed by atoms with E-state index in [4.69, 9.17) is 24.4 Å². The van der Waals surface area contributed by atoms with Crippen molar-refractivity contribution >= 4 is 51.4 Å². The van der Waals surface area contributed by atoms with Crippen LogP contribution in [0.15, 0.2) is 18.2 Å². The first-order valence-electron chi connectivity index (χ1n) is 4.81. The monoisotopic (exact) mass is 300 g/mol. The van der Waals surface area contributed by atoms with E-state index in [1.807, 2.05) is 0 Å². The molecule has 1 heterocycles. The number of aromatic hydroxyl groups is 2. The Balaban J connectivity index is 2.17. The molecule has 0 radical (unpaired) electrons. The van der Waals surface area contributed by atoms with Crippen LogP contribution in [0, 0.1) is 0 Å². The number of rotatable bonds is 2. The summed E-state index contributed by atoms with van der Waals surface area (Å²) in [5.41, 5.74) is 2.98. The second-order valence-electron chi connectivity index (χ2n) is 3.43. The van der Waals surface area contributed by atoms with Crippen molar-refractivity contribution in [2.75, 3.05) is 5.75 Å². The maximum atomic E-state index is 11.5. The van der Waals surface area contributed by atoms with Gasteiger partial charge in [0.2, 0.25) is 0 Å². The van der Waals surface area contributed by atoms with E-state index >= 15 is 0 Å². The van der Waals surface area contributed by atoms with Crippen molar-refractivity contribution in [2.45, 2.75) is 0 Å². The Morgan fingerprint density at radius 2 is 2.17 bits per heavy atom. The van der Waals surface area contributed by atoms with Crippen LogP contribution >= 0.6 is 36.2 Å². The summed E-state index contributed by atoms with van der Waals surface area (Å²) in [6.07, 6.45) is 0. The average Bonchev–Trinajstić information content (AvgIpc) is 2.60. The summed E-state index contributed by atoms with van der Waals surface area (Å²) in [7, 11) is 0. The minimum Gasteiger partial charge on any atom is -0.508 e. The number of thiocarbonyl (C=S) groups is 2. The van der Waals surface area contributed by atoms with E-state index < -0.39 is 0 Å². The van der Waals surface area contributed by atoms with E-state index in [1.54, 1.807) is 0 Å². The number of amides is 1. The summed E-state index contributed by atoms with van der Waals surface area (Å²) in [5.74, 6) is -0.151. The minimum atomic E-state index is -0.189. The van der Waals surface area contributed by atoms with Crippen LogP contribution < -0.4 is 5.43 Å². The first-order valence-corrected chi connectivity index (χ1v) is 6.62. The van der Waals surface area contributed by atoms with Crippen LogP contribution in [0.25, 0.3) is 0 Å². The molecule has 1 saturated heterocycles. The molecule has 5 nitrogen and oxygen atoms in total. The fourth-order valence-corrected chi connectivity index (χ4v) is 2.58. The number of hydrogen-bond acceptors (Lipinski definition) is 6. The highest BCUT2D eigenvalue weighted by atomic mass is 32.2. The quantitative estimate of drug-likeness (QED) is 0.707. The number of nitrogens with zero attached hydrogens (tertiary/aromatic N) is 1. The fourth-order valence-electron chi connectivity index (χ4n) is 1.34. The molecule has 0 unspecified atom stereocenters. The third-order valence-corrected chi connectivity index (χ3v) is 3.86. The molecule has 2 rings (SSSR count). The summed E-state index contributed by atoms with van der Waals surface area (Å²) in [5, 5.41) is 20.0. The van der Waals surface area contributed by atoms with E-state index in [2.05, 4.69) is 5.43 Å². The SMILES string of the molecule is O=C1CSC(=S)N1NC(=S)c1ccc(O)cc1O. The summed E-state index contributed by atoms with van der Waals surface area (Å²) < 4.78 is 0.389. The molecule has 0 saturated carbocycles. The number of benzene rings is 1. The van der Waals surface area contributed by atoms with Gasteiger partial charge < -0.3 is 10.2 Å². The van der Waals surface area contributed by atoms with Gasteiger partial charge in [-0.15, -0.1) is 0 Å². The normalized spacial score (nSPS) is 15.0. The molecular weight excluding hydrogens is 292 g/mol. The van der Waals surface area contributed by atoms with Crippen molar-refractivity contribution in [3.05, 3.63) is 23.8 Å². The second kappa shape index (κ2) is 5.09. The number of phenolic OH excluding ortho intramolecular Hbond substituents is 2. The van der Waals surface area contributed by atoms with Gasteiger partial charge in [-0.1, -0.05) is 36.2 Å². The van der Waals surface area contributed by atoms with Gasteiger partial charge in [0, 0.05) is 6.07 Å². The predicted molar refractivity (Wildman–Crippen MR) is 76.5 cm³/mol. The lowest BCUT2D eigenvalue weighted by molar-refractivity contribution is -0.125. The smallest absolute Gasteiger partial charge is 0.257 e. The Bertz CT molecular complexity index is 531. The lowest BCUT2D eigenvalue weighted by Gasteiger charge is -2.18. The van der Waals surface area contributed by atoms with Gasteiger partial charge in [-0.2, -0.15) is 0 Å². The van der Waals surface area contributed by atoms with Crippen molar-refractivity contribution in [1.82, 2.24) is 10.4 Å².